The minimum atomic E-state index is -2.97. The highest BCUT2D eigenvalue weighted by molar-refractivity contribution is 7.91. The lowest BCUT2D eigenvalue weighted by atomic mass is 10.1. The zero-order valence-corrected chi connectivity index (χ0v) is 11.8. The van der Waals surface area contributed by atoms with E-state index in [9.17, 15) is 8.42 Å². The largest absolute Gasteiger partial charge is 0.489 e. The van der Waals surface area contributed by atoms with Crippen molar-refractivity contribution in [1.82, 2.24) is 0 Å². The number of aryl methyl sites for hydroxylation is 1. The van der Waals surface area contributed by atoms with Crippen LogP contribution in [0.5, 0.6) is 5.75 Å². The normalized spacial score (nSPS) is 22.4. The molecule has 1 aliphatic rings. The molecule has 6 heteroatoms. The predicted octanol–water partition coefficient (Wildman–Crippen LogP) is 1.76. The molecule has 0 bridgehead atoms. The number of hydrogen-bond acceptors (Lipinski definition) is 5. The van der Waals surface area contributed by atoms with E-state index in [-0.39, 0.29) is 17.6 Å². The first-order chi connectivity index (χ1) is 8.91. The molecule has 0 radical (unpaired) electrons. The molecule has 2 rings (SSSR count). The summed E-state index contributed by atoms with van der Waals surface area (Å²) in [5, 5.41) is 12.0. The Morgan fingerprint density at radius 1 is 1.47 bits per heavy atom. The molecule has 5 nitrogen and oxygen atoms in total. The SMILES string of the molecule is CC(=NO)c1ccc(C)cc1OC1CCS(=O)(=O)C1. The van der Waals surface area contributed by atoms with Gasteiger partial charge < -0.3 is 9.94 Å². The Bertz CT molecular complexity index is 607. The molecule has 0 spiro atoms. The van der Waals surface area contributed by atoms with Crippen LogP contribution in [0.2, 0.25) is 0 Å². The van der Waals surface area contributed by atoms with Crippen molar-refractivity contribution in [2.45, 2.75) is 26.4 Å². The van der Waals surface area contributed by atoms with Crippen molar-refractivity contribution in [3.05, 3.63) is 29.3 Å². The van der Waals surface area contributed by atoms with Crippen molar-refractivity contribution in [2.24, 2.45) is 5.16 Å². The fourth-order valence-corrected chi connectivity index (χ4v) is 3.70. The highest BCUT2D eigenvalue weighted by Gasteiger charge is 2.30. The second kappa shape index (κ2) is 5.21. The first-order valence-corrected chi connectivity index (χ1v) is 7.90. The van der Waals surface area contributed by atoms with Crippen molar-refractivity contribution in [2.75, 3.05) is 11.5 Å². The Morgan fingerprint density at radius 2 is 2.21 bits per heavy atom. The van der Waals surface area contributed by atoms with Crippen molar-refractivity contribution >= 4 is 15.5 Å². The van der Waals surface area contributed by atoms with Crippen LogP contribution in [-0.4, -0.2) is 36.9 Å². The van der Waals surface area contributed by atoms with Gasteiger partial charge in [-0.1, -0.05) is 11.2 Å². The van der Waals surface area contributed by atoms with Gasteiger partial charge in [-0.15, -0.1) is 0 Å². The number of ether oxygens (including phenoxy) is 1. The molecular formula is C13H17NO4S. The summed E-state index contributed by atoms with van der Waals surface area (Å²) in [6.45, 7) is 3.59. The molecule has 1 N–H and O–H groups in total. The quantitative estimate of drug-likeness (QED) is 0.521. The van der Waals surface area contributed by atoms with Crippen LogP contribution in [0.1, 0.15) is 24.5 Å². The Balaban J connectivity index is 2.27. The number of rotatable bonds is 3. The summed E-state index contributed by atoms with van der Waals surface area (Å²) in [6.07, 6.45) is 0.183. The fourth-order valence-electron chi connectivity index (χ4n) is 2.11. The third kappa shape index (κ3) is 3.26. The number of oxime groups is 1. The summed E-state index contributed by atoms with van der Waals surface area (Å²) in [6, 6.07) is 5.53. The first kappa shape index (κ1) is 13.9. The van der Waals surface area contributed by atoms with E-state index in [1.165, 1.54) is 0 Å². The lowest BCUT2D eigenvalue weighted by Crippen LogP contribution is -2.19. The highest BCUT2D eigenvalue weighted by Crippen LogP contribution is 2.25. The number of benzene rings is 1. The summed E-state index contributed by atoms with van der Waals surface area (Å²) in [5.74, 6) is 0.791. The van der Waals surface area contributed by atoms with Crippen LogP contribution in [-0.2, 0) is 9.84 Å². The Morgan fingerprint density at radius 3 is 2.79 bits per heavy atom. The van der Waals surface area contributed by atoms with Crippen LogP contribution in [0.25, 0.3) is 0 Å². The molecule has 104 valence electrons. The lowest BCUT2D eigenvalue weighted by Gasteiger charge is -2.16. The van der Waals surface area contributed by atoms with E-state index in [0.29, 0.717) is 23.4 Å². The Labute approximate surface area is 112 Å². The lowest BCUT2D eigenvalue weighted by molar-refractivity contribution is 0.228. The van der Waals surface area contributed by atoms with E-state index in [0.717, 1.165) is 5.56 Å². The average Bonchev–Trinajstić information content (AvgIpc) is 2.68. The standard InChI is InChI=1S/C13H17NO4S/c1-9-3-4-12(10(2)14-15)13(7-9)18-11-5-6-19(16,17)8-11/h3-4,7,11,15H,5-6,8H2,1-2H3. The minimum Gasteiger partial charge on any atom is -0.489 e. The minimum absolute atomic E-state index is 0.0513. The first-order valence-electron chi connectivity index (χ1n) is 6.08. The maximum Gasteiger partial charge on any atom is 0.154 e. The zero-order valence-electron chi connectivity index (χ0n) is 11.0. The van der Waals surface area contributed by atoms with Crippen LogP contribution >= 0.6 is 0 Å². The summed E-state index contributed by atoms with van der Waals surface area (Å²) >= 11 is 0. The predicted molar refractivity (Wildman–Crippen MR) is 72.9 cm³/mol. The molecule has 1 heterocycles. The van der Waals surface area contributed by atoms with E-state index < -0.39 is 9.84 Å². The van der Waals surface area contributed by atoms with Gasteiger partial charge in [0.05, 0.1) is 17.2 Å². The molecule has 1 unspecified atom stereocenters. The van der Waals surface area contributed by atoms with Gasteiger partial charge in [0.15, 0.2) is 9.84 Å². The Kier molecular flexibility index (Phi) is 3.80. The fraction of sp³-hybridized carbons (Fsp3) is 0.462. The van der Waals surface area contributed by atoms with Gasteiger partial charge in [0, 0.05) is 5.56 Å². The molecule has 1 fully saturated rings. The summed E-state index contributed by atoms with van der Waals surface area (Å²) in [4.78, 5) is 0. The number of hydrogen-bond donors (Lipinski definition) is 1. The molecule has 1 saturated heterocycles. The molecule has 1 aromatic rings. The van der Waals surface area contributed by atoms with Gasteiger partial charge in [0.2, 0.25) is 0 Å². The third-order valence-electron chi connectivity index (χ3n) is 3.16. The molecule has 1 aliphatic heterocycles. The van der Waals surface area contributed by atoms with Crippen molar-refractivity contribution in [1.29, 1.82) is 0 Å². The number of sulfone groups is 1. The van der Waals surface area contributed by atoms with Crippen molar-refractivity contribution in [3.63, 3.8) is 0 Å². The molecule has 1 atom stereocenters. The summed E-state index contributed by atoms with van der Waals surface area (Å²) < 4.78 is 28.6. The van der Waals surface area contributed by atoms with Crippen LogP contribution in [0.4, 0.5) is 0 Å². The van der Waals surface area contributed by atoms with Gasteiger partial charge in [0.25, 0.3) is 0 Å². The van der Waals surface area contributed by atoms with Gasteiger partial charge >= 0.3 is 0 Å². The smallest absolute Gasteiger partial charge is 0.154 e. The zero-order chi connectivity index (χ0) is 14.0. The second-order valence-corrected chi connectivity index (χ2v) is 7.06. The van der Waals surface area contributed by atoms with E-state index in [4.69, 9.17) is 9.94 Å². The highest BCUT2D eigenvalue weighted by atomic mass is 32.2. The third-order valence-corrected chi connectivity index (χ3v) is 4.90. The average molecular weight is 283 g/mol. The van der Waals surface area contributed by atoms with Crippen LogP contribution < -0.4 is 4.74 Å². The van der Waals surface area contributed by atoms with Gasteiger partial charge in [-0.05, 0) is 38.0 Å². The molecule has 0 saturated carbocycles. The van der Waals surface area contributed by atoms with Gasteiger partial charge in [-0.3, -0.25) is 0 Å². The van der Waals surface area contributed by atoms with Crippen molar-refractivity contribution in [3.8, 4) is 5.75 Å². The van der Waals surface area contributed by atoms with Crippen LogP contribution in [0.3, 0.4) is 0 Å². The van der Waals surface area contributed by atoms with E-state index in [1.807, 2.05) is 25.1 Å². The van der Waals surface area contributed by atoms with E-state index >= 15 is 0 Å². The van der Waals surface area contributed by atoms with E-state index in [1.54, 1.807) is 6.92 Å². The molecule has 1 aromatic carbocycles. The summed E-state index contributed by atoms with van der Waals surface area (Å²) in [5.41, 5.74) is 2.12. The summed E-state index contributed by atoms with van der Waals surface area (Å²) in [7, 11) is -2.97. The topological polar surface area (TPSA) is 76.0 Å². The molecular weight excluding hydrogens is 266 g/mol. The van der Waals surface area contributed by atoms with Crippen LogP contribution in [0.15, 0.2) is 23.4 Å². The van der Waals surface area contributed by atoms with Crippen LogP contribution in [0, 0.1) is 6.92 Å². The maximum absolute atomic E-state index is 11.4. The monoisotopic (exact) mass is 283 g/mol. The number of nitrogens with zero attached hydrogens (tertiary/aromatic N) is 1. The second-order valence-electron chi connectivity index (χ2n) is 4.83. The van der Waals surface area contributed by atoms with Crippen molar-refractivity contribution < 1.29 is 18.4 Å². The maximum atomic E-state index is 11.4. The van der Waals surface area contributed by atoms with E-state index in [2.05, 4.69) is 5.16 Å². The Hall–Kier alpha value is -1.56. The molecule has 0 aliphatic carbocycles. The van der Waals surface area contributed by atoms with Gasteiger partial charge in [-0.2, -0.15) is 0 Å². The molecule has 0 amide bonds. The van der Waals surface area contributed by atoms with Gasteiger partial charge in [-0.25, -0.2) is 8.42 Å². The molecule has 19 heavy (non-hydrogen) atoms. The van der Waals surface area contributed by atoms with Gasteiger partial charge in [0.1, 0.15) is 11.9 Å². The molecule has 0 aromatic heterocycles.